The van der Waals surface area contributed by atoms with Gasteiger partial charge in [0.25, 0.3) is 10.0 Å². The normalized spacial score (nSPS) is 11.3. The molecule has 0 aliphatic heterocycles. The highest BCUT2D eigenvalue weighted by Crippen LogP contribution is 2.34. The highest BCUT2D eigenvalue weighted by atomic mass is 32.2. The number of aryl methyl sites for hydroxylation is 1. The van der Waals surface area contributed by atoms with Crippen molar-refractivity contribution in [1.29, 1.82) is 0 Å². The van der Waals surface area contributed by atoms with Gasteiger partial charge < -0.3 is 14.3 Å². The lowest BCUT2D eigenvalue weighted by Gasteiger charge is -2.25. The van der Waals surface area contributed by atoms with Crippen LogP contribution < -0.4 is 9.04 Å². The third-order valence-corrected chi connectivity index (χ3v) is 6.15. The van der Waals surface area contributed by atoms with Gasteiger partial charge in [-0.2, -0.15) is 8.42 Å². The van der Waals surface area contributed by atoms with E-state index in [9.17, 15) is 13.2 Å². The lowest BCUT2D eigenvalue weighted by molar-refractivity contribution is 0.0697. The van der Waals surface area contributed by atoms with E-state index in [-0.39, 0.29) is 23.8 Å². The molecule has 158 valence electrons. The van der Waals surface area contributed by atoms with Crippen LogP contribution in [0.1, 0.15) is 34.8 Å². The Kier molecular flexibility index (Phi) is 6.47. The maximum atomic E-state index is 13.1. The number of ether oxygens (including phenoxy) is 1. The molecule has 0 atom stereocenters. The molecule has 1 aromatic heterocycles. The van der Waals surface area contributed by atoms with E-state index in [1.54, 1.807) is 24.3 Å². The summed E-state index contributed by atoms with van der Waals surface area (Å²) in [5, 5.41) is 8.88. The second-order valence-electron chi connectivity index (χ2n) is 6.77. The zero-order valence-corrected chi connectivity index (χ0v) is 17.6. The van der Waals surface area contributed by atoms with Gasteiger partial charge in [-0.15, -0.1) is 0 Å². The van der Waals surface area contributed by atoms with E-state index in [0.29, 0.717) is 17.9 Å². The molecule has 0 aliphatic carbocycles. The summed E-state index contributed by atoms with van der Waals surface area (Å²) in [4.78, 5) is 11.0. The monoisotopic (exact) mass is 429 g/mol. The van der Waals surface area contributed by atoms with Crippen molar-refractivity contribution in [3.8, 4) is 5.75 Å². The molecule has 30 heavy (non-hydrogen) atoms. The Hall–Kier alpha value is -3.26. The molecular weight excluding hydrogens is 406 g/mol. The van der Waals surface area contributed by atoms with Crippen molar-refractivity contribution < 1.29 is 27.5 Å². The van der Waals surface area contributed by atoms with Gasteiger partial charge in [-0.25, -0.2) is 4.79 Å². The number of aromatic carboxylic acids is 1. The number of sulfonamides is 1. The van der Waals surface area contributed by atoms with Gasteiger partial charge in [0, 0.05) is 6.54 Å². The molecule has 1 N–H and O–H groups in total. The summed E-state index contributed by atoms with van der Waals surface area (Å²) in [6.07, 6.45) is 1.92. The topological polar surface area (TPSA) is 97.0 Å². The molecule has 0 fully saturated rings. The van der Waals surface area contributed by atoms with Crippen LogP contribution in [0.25, 0.3) is 0 Å². The molecule has 0 unspecified atom stereocenters. The average molecular weight is 429 g/mol. The summed E-state index contributed by atoms with van der Waals surface area (Å²) in [5.41, 5.74) is 2.29. The van der Waals surface area contributed by atoms with E-state index in [2.05, 4.69) is 0 Å². The fraction of sp³-hybridized carbons (Fsp3) is 0.227. The number of benzene rings is 2. The first-order valence-corrected chi connectivity index (χ1v) is 10.9. The molecule has 8 heteroatoms. The number of carbonyl (C=O) groups is 1. The molecule has 3 rings (SSSR count). The summed E-state index contributed by atoms with van der Waals surface area (Å²) < 4.78 is 38.6. The molecule has 0 spiro atoms. The molecule has 0 radical (unpaired) electrons. The van der Waals surface area contributed by atoms with E-state index in [4.69, 9.17) is 14.3 Å². The van der Waals surface area contributed by atoms with Gasteiger partial charge in [-0.1, -0.05) is 25.1 Å². The molecule has 1 heterocycles. The van der Waals surface area contributed by atoms with Gasteiger partial charge in [0.05, 0.1) is 17.5 Å². The molecule has 2 aromatic carbocycles. The van der Waals surface area contributed by atoms with Crippen molar-refractivity contribution in [2.45, 2.75) is 32.0 Å². The number of hydrogen-bond donors (Lipinski definition) is 1. The predicted octanol–water partition coefficient (Wildman–Crippen LogP) is 4.47. The SMILES string of the molecule is CCCN(c1ccc(C)cc1OCc1ccc(C(=O)O)cc1)S(=O)(=O)c1ccco1. The predicted molar refractivity (Wildman–Crippen MR) is 112 cm³/mol. The molecular formula is C22H23NO6S. The number of carboxylic acids is 1. The first-order chi connectivity index (χ1) is 14.3. The fourth-order valence-electron chi connectivity index (χ4n) is 2.94. The van der Waals surface area contributed by atoms with Crippen LogP contribution in [0, 0.1) is 6.92 Å². The summed E-state index contributed by atoms with van der Waals surface area (Å²) >= 11 is 0. The number of furan rings is 1. The van der Waals surface area contributed by atoms with Gasteiger partial charge in [-0.3, -0.25) is 4.31 Å². The van der Waals surface area contributed by atoms with Crippen molar-refractivity contribution in [3.63, 3.8) is 0 Å². The van der Waals surface area contributed by atoms with Crippen molar-refractivity contribution in [2.24, 2.45) is 0 Å². The van der Waals surface area contributed by atoms with Crippen molar-refractivity contribution >= 4 is 21.7 Å². The lowest BCUT2D eigenvalue weighted by atomic mass is 10.1. The second-order valence-corrected chi connectivity index (χ2v) is 8.56. The minimum atomic E-state index is -3.88. The third-order valence-electron chi connectivity index (χ3n) is 4.45. The van der Waals surface area contributed by atoms with E-state index in [1.807, 2.05) is 19.9 Å². The van der Waals surface area contributed by atoms with Crippen LogP contribution in [-0.4, -0.2) is 26.0 Å². The number of rotatable bonds is 9. The van der Waals surface area contributed by atoms with Gasteiger partial charge in [0.1, 0.15) is 12.4 Å². The van der Waals surface area contributed by atoms with Gasteiger partial charge >= 0.3 is 5.97 Å². The third kappa shape index (κ3) is 4.65. The number of anilines is 1. The Morgan fingerprint density at radius 1 is 1.13 bits per heavy atom. The van der Waals surface area contributed by atoms with Crippen LogP contribution in [0.5, 0.6) is 5.75 Å². The first-order valence-electron chi connectivity index (χ1n) is 9.45. The van der Waals surface area contributed by atoms with Gasteiger partial charge in [-0.05, 0) is 60.9 Å². The molecule has 0 amide bonds. The smallest absolute Gasteiger partial charge is 0.335 e. The van der Waals surface area contributed by atoms with Crippen LogP contribution in [0.4, 0.5) is 5.69 Å². The summed E-state index contributed by atoms with van der Waals surface area (Å²) in [7, 11) is -3.88. The van der Waals surface area contributed by atoms with Crippen LogP contribution in [-0.2, 0) is 16.6 Å². The van der Waals surface area contributed by atoms with Gasteiger partial charge in [0.2, 0.25) is 5.09 Å². The minimum absolute atomic E-state index is 0.133. The average Bonchev–Trinajstić information content (AvgIpc) is 3.27. The summed E-state index contributed by atoms with van der Waals surface area (Å²) in [6.45, 7) is 4.21. The van der Waals surface area contributed by atoms with Crippen molar-refractivity contribution in [2.75, 3.05) is 10.8 Å². The zero-order chi connectivity index (χ0) is 21.7. The Bertz CT molecular complexity index is 1110. The Balaban J connectivity index is 1.92. The fourth-order valence-corrected chi connectivity index (χ4v) is 4.42. The molecule has 7 nitrogen and oxygen atoms in total. The van der Waals surface area contributed by atoms with E-state index >= 15 is 0 Å². The first kappa shape index (κ1) is 21.4. The molecule has 3 aromatic rings. The minimum Gasteiger partial charge on any atom is -0.487 e. The van der Waals surface area contributed by atoms with Gasteiger partial charge in [0.15, 0.2) is 0 Å². The maximum Gasteiger partial charge on any atom is 0.335 e. The number of nitrogens with zero attached hydrogens (tertiary/aromatic N) is 1. The van der Waals surface area contributed by atoms with Crippen LogP contribution >= 0.6 is 0 Å². The largest absolute Gasteiger partial charge is 0.487 e. The molecule has 0 saturated carbocycles. The van der Waals surface area contributed by atoms with E-state index in [1.165, 1.54) is 34.8 Å². The summed E-state index contributed by atoms with van der Waals surface area (Å²) in [5.74, 6) is -0.581. The summed E-state index contributed by atoms with van der Waals surface area (Å²) in [6, 6.07) is 14.6. The number of carboxylic acid groups (broad SMARTS) is 1. The lowest BCUT2D eigenvalue weighted by Crippen LogP contribution is -2.32. The Labute approximate surface area is 175 Å². The number of hydrogen-bond acceptors (Lipinski definition) is 5. The standard InChI is InChI=1S/C22H23NO6S/c1-3-12-23(30(26,27)21-5-4-13-28-21)19-11-6-16(2)14-20(19)29-15-17-7-9-18(10-8-17)22(24)25/h4-11,13-14H,3,12,15H2,1-2H3,(H,24,25). The van der Waals surface area contributed by atoms with E-state index < -0.39 is 16.0 Å². The van der Waals surface area contributed by atoms with Crippen molar-refractivity contribution in [1.82, 2.24) is 0 Å². The Morgan fingerprint density at radius 2 is 1.87 bits per heavy atom. The van der Waals surface area contributed by atoms with Crippen LogP contribution in [0.2, 0.25) is 0 Å². The van der Waals surface area contributed by atoms with Crippen LogP contribution in [0.15, 0.2) is 70.4 Å². The quantitative estimate of drug-likeness (QED) is 0.539. The molecule has 0 aliphatic rings. The Morgan fingerprint density at radius 3 is 2.47 bits per heavy atom. The highest BCUT2D eigenvalue weighted by molar-refractivity contribution is 7.92. The second kappa shape index (κ2) is 9.04. The van der Waals surface area contributed by atoms with Crippen LogP contribution in [0.3, 0.4) is 0 Å². The zero-order valence-electron chi connectivity index (χ0n) is 16.7. The maximum absolute atomic E-state index is 13.1. The van der Waals surface area contributed by atoms with E-state index in [0.717, 1.165) is 11.1 Å². The van der Waals surface area contributed by atoms with Crippen molar-refractivity contribution in [3.05, 3.63) is 77.6 Å². The highest BCUT2D eigenvalue weighted by Gasteiger charge is 2.29. The molecule has 0 saturated heterocycles. The molecule has 0 bridgehead atoms.